The number of hydrogen-bond donors (Lipinski definition) is 3. The maximum Gasteiger partial charge on any atom is 0.184 e. The highest BCUT2D eigenvalue weighted by Gasteiger charge is 2.10. The first kappa shape index (κ1) is 14.7. The number of rotatable bonds is 3. The van der Waals surface area contributed by atoms with Crippen LogP contribution in [0.25, 0.3) is 20.7 Å². The molecule has 0 aliphatic carbocycles. The first-order valence-corrected chi connectivity index (χ1v) is 7.95. The molecule has 0 radical (unpaired) electrons. The number of anilines is 1. The number of nitrogens with zero attached hydrogens (tertiary/aromatic N) is 2. The average molecular weight is 329 g/mol. The van der Waals surface area contributed by atoms with Crippen LogP contribution in [0.1, 0.15) is 5.56 Å². The molecule has 112 valence electrons. The monoisotopic (exact) mass is 329 g/mol. The van der Waals surface area contributed by atoms with Crippen molar-refractivity contribution >= 4 is 44.7 Å². The number of nitrogens with one attached hydrogen (secondary N) is 3. The van der Waals surface area contributed by atoms with Crippen molar-refractivity contribution in [2.24, 2.45) is 0 Å². The molecule has 5 nitrogen and oxygen atoms in total. The van der Waals surface area contributed by atoms with Crippen molar-refractivity contribution in [3.63, 3.8) is 0 Å². The van der Waals surface area contributed by atoms with Gasteiger partial charge in [0.05, 0.1) is 10.2 Å². The maximum absolute atomic E-state index is 5.05. The van der Waals surface area contributed by atoms with Crippen molar-refractivity contribution < 1.29 is 0 Å². The van der Waals surface area contributed by atoms with Gasteiger partial charge in [-0.05, 0) is 30.8 Å². The predicted molar refractivity (Wildman–Crippen MR) is 96.0 cm³/mol. The second-order valence-electron chi connectivity index (χ2n) is 4.75. The van der Waals surface area contributed by atoms with Crippen molar-refractivity contribution in [1.82, 2.24) is 20.7 Å². The highest BCUT2D eigenvalue weighted by atomic mass is 32.1. The molecule has 0 atom stereocenters. The molecule has 0 saturated carbocycles. The summed E-state index contributed by atoms with van der Waals surface area (Å²) in [6.45, 7) is 2.09. The summed E-state index contributed by atoms with van der Waals surface area (Å²) in [6.07, 6.45) is 1.54. The Morgan fingerprint density at radius 1 is 1.23 bits per heavy atom. The zero-order valence-corrected chi connectivity index (χ0v) is 13.8. The minimum Gasteiger partial charge on any atom is -0.364 e. The Morgan fingerprint density at radius 2 is 2.09 bits per heavy atom. The van der Waals surface area contributed by atoms with Gasteiger partial charge in [0.1, 0.15) is 6.33 Å². The molecule has 0 unspecified atom stereocenters. The average Bonchev–Trinajstić information content (AvgIpc) is 2.97. The van der Waals surface area contributed by atoms with E-state index in [9.17, 15) is 0 Å². The normalized spacial score (nSPS) is 10.5. The van der Waals surface area contributed by atoms with Gasteiger partial charge < -0.3 is 5.32 Å². The summed E-state index contributed by atoms with van der Waals surface area (Å²) in [4.78, 5) is 9.78. The Labute approximate surface area is 137 Å². The Balaban J connectivity index is 1.97. The quantitative estimate of drug-likeness (QED) is 0.507. The highest BCUT2D eigenvalue weighted by molar-refractivity contribution is 7.80. The third-order valence-corrected chi connectivity index (χ3v) is 4.62. The Hall–Kier alpha value is -2.25. The summed E-state index contributed by atoms with van der Waals surface area (Å²) in [5.41, 5.74) is 9.24. The summed E-state index contributed by atoms with van der Waals surface area (Å²) in [7, 11) is 1.76. The number of aryl methyl sites for hydroxylation is 1. The van der Waals surface area contributed by atoms with Crippen molar-refractivity contribution in [3.05, 3.63) is 42.2 Å². The lowest BCUT2D eigenvalue weighted by Gasteiger charge is -2.09. The van der Waals surface area contributed by atoms with Crippen molar-refractivity contribution in [2.45, 2.75) is 6.92 Å². The van der Waals surface area contributed by atoms with Gasteiger partial charge in [-0.1, -0.05) is 29.8 Å². The fraction of sp³-hybridized carbons (Fsp3) is 0.133. The summed E-state index contributed by atoms with van der Waals surface area (Å²) in [6, 6.07) is 10.5. The molecule has 0 amide bonds. The topological polar surface area (TPSA) is 61.9 Å². The van der Waals surface area contributed by atoms with Crippen LogP contribution in [0.15, 0.2) is 36.7 Å². The Kier molecular flexibility index (Phi) is 4.17. The SMILES string of the molecule is CNC(=S)NNc1ncnc2cc(-c3cccc(C)c3)sc12. The van der Waals surface area contributed by atoms with Gasteiger partial charge in [0.15, 0.2) is 10.9 Å². The number of thiophene rings is 1. The van der Waals surface area contributed by atoms with Crippen LogP contribution < -0.4 is 16.2 Å². The third-order valence-electron chi connectivity index (χ3n) is 3.14. The largest absolute Gasteiger partial charge is 0.364 e. The lowest BCUT2D eigenvalue weighted by Crippen LogP contribution is -2.36. The van der Waals surface area contributed by atoms with Gasteiger partial charge in [-0.15, -0.1) is 11.3 Å². The van der Waals surface area contributed by atoms with Gasteiger partial charge in [0.25, 0.3) is 0 Å². The smallest absolute Gasteiger partial charge is 0.184 e. The summed E-state index contributed by atoms with van der Waals surface area (Å²) < 4.78 is 0.991. The van der Waals surface area contributed by atoms with Crippen LogP contribution >= 0.6 is 23.6 Å². The molecule has 0 spiro atoms. The zero-order chi connectivity index (χ0) is 15.5. The van der Waals surface area contributed by atoms with Crippen LogP contribution in [0, 0.1) is 6.92 Å². The lowest BCUT2D eigenvalue weighted by atomic mass is 10.1. The highest BCUT2D eigenvalue weighted by Crippen LogP contribution is 2.35. The van der Waals surface area contributed by atoms with Crippen LogP contribution in [0.5, 0.6) is 0 Å². The molecule has 0 saturated heterocycles. The van der Waals surface area contributed by atoms with Gasteiger partial charge in [0, 0.05) is 11.9 Å². The van der Waals surface area contributed by atoms with Crippen molar-refractivity contribution in [3.8, 4) is 10.4 Å². The molecule has 22 heavy (non-hydrogen) atoms. The van der Waals surface area contributed by atoms with Gasteiger partial charge in [-0.3, -0.25) is 10.9 Å². The lowest BCUT2D eigenvalue weighted by molar-refractivity contribution is 1.02. The van der Waals surface area contributed by atoms with E-state index in [1.807, 2.05) is 0 Å². The minimum atomic E-state index is 0.502. The fourth-order valence-corrected chi connectivity index (χ4v) is 3.17. The van der Waals surface area contributed by atoms with E-state index in [1.54, 1.807) is 24.7 Å². The van der Waals surface area contributed by atoms with Gasteiger partial charge >= 0.3 is 0 Å². The predicted octanol–water partition coefficient (Wildman–Crippen LogP) is 3.09. The van der Waals surface area contributed by atoms with Gasteiger partial charge in [-0.2, -0.15) is 0 Å². The molecule has 7 heteroatoms. The molecule has 0 fully saturated rings. The minimum absolute atomic E-state index is 0.502. The van der Waals surface area contributed by atoms with Crippen LogP contribution in [0.2, 0.25) is 0 Å². The number of hydrazine groups is 1. The molecule has 0 bridgehead atoms. The van der Waals surface area contributed by atoms with E-state index >= 15 is 0 Å². The van der Waals surface area contributed by atoms with E-state index < -0.39 is 0 Å². The zero-order valence-electron chi connectivity index (χ0n) is 12.2. The van der Waals surface area contributed by atoms with Crippen LogP contribution in [0.4, 0.5) is 5.82 Å². The molecular weight excluding hydrogens is 314 g/mol. The molecule has 0 aliphatic rings. The number of fused-ring (bicyclic) bond motifs is 1. The Bertz CT molecular complexity index is 828. The van der Waals surface area contributed by atoms with E-state index in [0.717, 1.165) is 10.2 Å². The first-order chi connectivity index (χ1) is 10.7. The van der Waals surface area contributed by atoms with E-state index in [4.69, 9.17) is 12.2 Å². The third kappa shape index (κ3) is 3.00. The second-order valence-corrected chi connectivity index (χ2v) is 6.21. The first-order valence-electron chi connectivity index (χ1n) is 6.72. The van der Waals surface area contributed by atoms with E-state index in [1.165, 1.54) is 16.0 Å². The molecule has 3 rings (SSSR count). The van der Waals surface area contributed by atoms with Crippen LogP contribution in [-0.2, 0) is 0 Å². The van der Waals surface area contributed by atoms with E-state index in [0.29, 0.717) is 10.9 Å². The molecule has 2 aromatic heterocycles. The van der Waals surface area contributed by atoms with Crippen molar-refractivity contribution in [2.75, 3.05) is 12.5 Å². The van der Waals surface area contributed by atoms with E-state index in [2.05, 4.69) is 63.4 Å². The number of thiocarbonyl (C=S) groups is 1. The van der Waals surface area contributed by atoms with Crippen LogP contribution in [0.3, 0.4) is 0 Å². The van der Waals surface area contributed by atoms with Crippen molar-refractivity contribution in [1.29, 1.82) is 0 Å². The summed E-state index contributed by atoms with van der Waals surface area (Å²) in [5.74, 6) is 0.714. The molecule has 0 aliphatic heterocycles. The summed E-state index contributed by atoms with van der Waals surface area (Å²) >= 11 is 6.70. The molecule has 3 N–H and O–H groups in total. The second kappa shape index (κ2) is 6.25. The van der Waals surface area contributed by atoms with Gasteiger partial charge in [-0.25, -0.2) is 9.97 Å². The molecule has 2 heterocycles. The van der Waals surface area contributed by atoms with E-state index in [-0.39, 0.29) is 0 Å². The standard InChI is InChI=1S/C15H15N5S2/c1-9-4-3-5-10(6-9)12-7-11-13(22-12)14(18-8-17-11)19-20-15(21)16-2/h3-8H,1-2H3,(H2,16,20,21)(H,17,18,19). The molecule has 3 aromatic rings. The maximum atomic E-state index is 5.05. The fourth-order valence-electron chi connectivity index (χ4n) is 2.06. The molecular formula is C15H15N5S2. The van der Waals surface area contributed by atoms with Gasteiger partial charge in [0.2, 0.25) is 0 Å². The molecule has 1 aromatic carbocycles. The summed E-state index contributed by atoms with van der Waals surface area (Å²) in [5, 5.41) is 3.34. The number of aromatic nitrogens is 2. The number of hydrogen-bond acceptors (Lipinski definition) is 5. The van der Waals surface area contributed by atoms with Crippen LogP contribution in [-0.4, -0.2) is 22.1 Å². The number of benzene rings is 1. The Morgan fingerprint density at radius 3 is 2.86 bits per heavy atom.